The van der Waals surface area contributed by atoms with Gasteiger partial charge in [-0.05, 0) is 6.07 Å². The minimum absolute atomic E-state index is 0.204. The van der Waals surface area contributed by atoms with Crippen LogP contribution in [0.25, 0.3) is 11.0 Å². The summed E-state index contributed by atoms with van der Waals surface area (Å²) in [6, 6.07) is 3.64. The molecule has 0 amide bonds. The molecule has 1 heterocycles. The number of aromatic nitrogens is 2. The van der Waals surface area contributed by atoms with Crippen LogP contribution in [0.4, 0.5) is 0 Å². The van der Waals surface area contributed by atoms with Crippen molar-refractivity contribution in [3.05, 3.63) is 28.7 Å². The number of H-pyrrole nitrogens is 1. The highest BCUT2D eigenvalue weighted by Crippen LogP contribution is 2.13. The Bertz CT molecular complexity index is 536. The molecule has 4 nitrogen and oxygen atoms in total. The number of hydrogen-bond donors (Lipinski definition) is 1. The third-order valence-corrected chi connectivity index (χ3v) is 2.08. The Labute approximate surface area is 81.3 Å². The summed E-state index contributed by atoms with van der Waals surface area (Å²) < 4.78 is 5.09. The highest BCUT2D eigenvalue weighted by molar-refractivity contribution is 6.38. The number of benzene rings is 1. The zero-order valence-electron chi connectivity index (χ0n) is 8.00. The lowest BCUT2D eigenvalue weighted by Crippen LogP contribution is -2.12. The van der Waals surface area contributed by atoms with Gasteiger partial charge in [0.15, 0.2) is 0 Å². The first kappa shape index (κ1) is 8.81. The minimum Gasteiger partial charge on any atom is -0.497 e. The standard InChI is InChI=1S/C9H9BN2O2/c1-14-5-2-6(10)9-7(3-5)12-8(13)4-11-9/h2-4H,10H2,1H3,(H,12,13). The number of rotatable bonds is 1. The van der Waals surface area contributed by atoms with Gasteiger partial charge in [0.2, 0.25) is 0 Å². The lowest BCUT2D eigenvalue weighted by Gasteiger charge is -2.04. The van der Waals surface area contributed by atoms with Crippen molar-refractivity contribution in [1.82, 2.24) is 9.97 Å². The Hall–Kier alpha value is -1.78. The number of ether oxygens (including phenoxy) is 1. The van der Waals surface area contributed by atoms with E-state index in [-0.39, 0.29) is 5.56 Å². The van der Waals surface area contributed by atoms with E-state index < -0.39 is 0 Å². The number of hydrogen-bond acceptors (Lipinski definition) is 3. The fourth-order valence-electron chi connectivity index (χ4n) is 1.42. The first-order chi connectivity index (χ1) is 6.70. The van der Waals surface area contributed by atoms with Crippen molar-refractivity contribution in [3.63, 3.8) is 0 Å². The first-order valence-corrected chi connectivity index (χ1v) is 4.24. The van der Waals surface area contributed by atoms with Gasteiger partial charge in [0.05, 0.1) is 24.3 Å². The number of fused-ring (bicyclic) bond motifs is 1. The SMILES string of the molecule is Bc1cc(OC)cc2[nH]c(=O)cnc12. The second kappa shape index (κ2) is 3.18. The Kier molecular flexibility index (Phi) is 2.00. The van der Waals surface area contributed by atoms with Gasteiger partial charge in [-0.15, -0.1) is 0 Å². The monoisotopic (exact) mass is 188 g/mol. The van der Waals surface area contributed by atoms with Crippen LogP contribution in [0.3, 0.4) is 0 Å². The van der Waals surface area contributed by atoms with Crippen molar-refractivity contribution in [1.29, 1.82) is 0 Å². The molecular formula is C9H9BN2O2. The molecule has 0 radical (unpaired) electrons. The molecule has 0 unspecified atom stereocenters. The van der Waals surface area contributed by atoms with E-state index in [0.717, 1.165) is 16.7 Å². The molecule has 0 saturated carbocycles. The molecule has 0 aliphatic heterocycles. The van der Waals surface area contributed by atoms with Gasteiger partial charge < -0.3 is 9.72 Å². The van der Waals surface area contributed by atoms with Gasteiger partial charge in [0, 0.05) is 6.07 Å². The molecule has 1 aromatic heterocycles. The molecule has 2 rings (SSSR count). The molecule has 0 bridgehead atoms. The topological polar surface area (TPSA) is 55.0 Å². The van der Waals surface area contributed by atoms with E-state index in [1.54, 1.807) is 13.2 Å². The van der Waals surface area contributed by atoms with Crippen LogP contribution in [0.5, 0.6) is 5.75 Å². The molecule has 5 heteroatoms. The molecule has 0 saturated heterocycles. The third kappa shape index (κ3) is 1.37. The largest absolute Gasteiger partial charge is 0.497 e. The Morgan fingerprint density at radius 2 is 2.29 bits per heavy atom. The van der Waals surface area contributed by atoms with Gasteiger partial charge in [-0.25, -0.2) is 4.98 Å². The predicted molar refractivity (Wildman–Crippen MR) is 57.1 cm³/mol. The maximum Gasteiger partial charge on any atom is 0.266 e. The summed E-state index contributed by atoms with van der Waals surface area (Å²) >= 11 is 0. The van der Waals surface area contributed by atoms with Gasteiger partial charge in [-0.1, -0.05) is 5.46 Å². The van der Waals surface area contributed by atoms with Crippen molar-refractivity contribution < 1.29 is 4.74 Å². The van der Waals surface area contributed by atoms with Crippen LogP contribution in [0.2, 0.25) is 0 Å². The Morgan fingerprint density at radius 1 is 1.50 bits per heavy atom. The molecule has 1 N–H and O–H groups in total. The van der Waals surface area contributed by atoms with Gasteiger partial charge >= 0.3 is 0 Å². The lowest BCUT2D eigenvalue weighted by atomic mass is 9.94. The van der Waals surface area contributed by atoms with Gasteiger partial charge in [0.25, 0.3) is 5.56 Å². The molecule has 0 atom stereocenters. The van der Waals surface area contributed by atoms with Gasteiger partial charge in [0.1, 0.15) is 13.6 Å². The van der Waals surface area contributed by atoms with Crippen molar-refractivity contribution in [2.75, 3.05) is 7.11 Å². The number of nitrogens with zero attached hydrogens (tertiary/aromatic N) is 1. The van der Waals surface area contributed by atoms with E-state index >= 15 is 0 Å². The summed E-state index contributed by atoms with van der Waals surface area (Å²) in [5, 5.41) is 0. The fourth-order valence-corrected chi connectivity index (χ4v) is 1.42. The number of methoxy groups -OCH3 is 1. The van der Waals surface area contributed by atoms with E-state index in [9.17, 15) is 4.79 Å². The van der Waals surface area contributed by atoms with Gasteiger partial charge in [-0.2, -0.15) is 0 Å². The van der Waals surface area contributed by atoms with Crippen molar-refractivity contribution in [3.8, 4) is 5.75 Å². The number of nitrogens with one attached hydrogen (secondary N) is 1. The first-order valence-electron chi connectivity index (χ1n) is 4.24. The smallest absolute Gasteiger partial charge is 0.266 e. The summed E-state index contributed by atoms with van der Waals surface area (Å²) in [6.45, 7) is 0. The summed E-state index contributed by atoms with van der Waals surface area (Å²) in [6.07, 6.45) is 1.28. The summed E-state index contributed by atoms with van der Waals surface area (Å²) in [4.78, 5) is 17.8. The van der Waals surface area contributed by atoms with E-state index in [2.05, 4.69) is 9.97 Å². The zero-order valence-corrected chi connectivity index (χ0v) is 8.00. The molecule has 70 valence electrons. The van der Waals surface area contributed by atoms with Gasteiger partial charge in [-0.3, -0.25) is 4.79 Å². The van der Waals surface area contributed by atoms with Crippen LogP contribution in [-0.2, 0) is 0 Å². The maximum absolute atomic E-state index is 11.0. The molecule has 2 aromatic rings. The van der Waals surface area contributed by atoms with E-state index in [4.69, 9.17) is 4.74 Å². The Morgan fingerprint density at radius 3 is 3.00 bits per heavy atom. The molecule has 0 spiro atoms. The maximum atomic E-state index is 11.0. The lowest BCUT2D eigenvalue weighted by molar-refractivity contribution is 0.415. The van der Waals surface area contributed by atoms with Crippen LogP contribution in [-0.4, -0.2) is 24.9 Å². The second-order valence-electron chi connectivity index (χ2n) is 3.09. The van der Waals surface area contributed by atoms with Crippen molar-refractivity contribution in [2.24, 2.45) is 0 Å². The highest BCUT2D eigenvalue weighted by atomic mass is 16.5. The molecule has 0 aliphatic carbocycles. The second-order valence-corrected chi connectivity index (χ2v) is 3.09. The van der Waals surface area contributed by atoms with Crippen LogP contribution in [0.1, 0.15) is 0 Å². The molecular weight excluding hydrogens is 179 g/mol. The fraction of sp³-hybridized carbons (Fsp3) is 0.111. The Balaban J connectivity index is 2.83. The average molecular weight is 188 g/mol. The van der Waals surface area contributed by atoms with E-state index in [1.807, 2.05) is 13.9 Å². The van der Waals surface area contributed by atoms with Crippen LogP contribution in [0.15, 0.2) is 23.1 Å². The predicted octanol–water partition coefficient (Wildman–Crippen LogP) is -0.810. The summed E-state index contributed by atoms with van der Waals surface area (Å²) in [5.41, 5.74) is 2.28. The van der Waals surface area contributed by atoms with Crippen molar-refractivity contribution in [2.45, 2.75) is 0 Å². The zero-order chi connectivity index (χ0) is 10.1. The third-order valence-electron chi connectivity index (χ3n) is 2.08. The molecule has 0 fully saturated rings. The minimum atomic E-state index is -0.204. The highest BCUT2D eigenvalue weighted by Gasteiger charge is 2.02. The normalized spacial score (nSPS) is 10.4. The molecule has 1 aromatic carbocycles. The van der Waals surface area contributed by atoms with E-state index in [1.165, 1.54) is 6.20 Å². The van der Waals surface area contributed by atoms with E-state index in [0.29, 0.717) is 5.52 Å². The average Bonchev–Trinajstić information content (AvgIpc) is 2.16. The summed E-state index contributed by atoms with van der Waals surface area (Å²) in [5.74, 6) is 0.721. The summed E-state index contributed by atoms with van der Waals surface area (Å²) in [7, 11) is 3.52. The van der Waals surface area contributed by atoms with Crippen LogP contribution < -0.4 is 15.8 Å². The van der Waals surface area contributed by atoms with Crippen molar-refractivity contribution >= 4 is 24.3 Å². The van der Waals surface area contributed by atoms with Crippen LogP contribution in [0, 0.1) is 0 Å². The van der Waals surface area contributed by atoms with Crippen LogP contribution >= 0.6 is 0 Å². The quantitative estimate of drug-likeness (QED) is 0.595. The molecule has 14 heavy (non-hydrogen) atoms. The number of aromatic amines is 1. The molecule has 0 aliphatic rings.